The maximum Gasteiger partial charge on any atom is 0.333 e. The summed E-state index contributed by atoms with van der Waals surface area (Å²) in [4.78, 5) is 23.8. The first-order valence-corrected chi connectivity index (χ1v) is 7.08. The van der Waals surface area contributed by atoms with E-state index in [1.807, 2.05) is 0 Å². The average Bonchev–Trinajstić information content (AvgIpc) is 2.57. The Bertz CT molecular complexity index is 496. The Balaban J connectivity index is 1.63. The zero-order valence-corrected chi connectivity index (χ0v) is 11.1. The van der Waals surface area contributed by atoms with Gasteiger partial charge in [0.1, 0.15) is 12.2 Å². The number of esters is 2. The normalized spacial score (nSPS) is 49.1. The fraction of sp³-hybridized carbons (Fsp3) is 0.733. The topological polar surface area (TPSA) is 52.6 Å². The molecule has 6 atom stereocenters. The van der Waals surface area contributed by atoms with Crippen LogP contribution in [0.2, 0.25) is 0 Å². The van der Waals surface area contributed by atoms with E-state index >= 15 is 0 Å². The Morgan fingerprint density at radius 2 is 2.21 bits per heavy atom. The molecular weight excluding hydrogens is 244 g/mol. The summed E-state index contributed by atoms with van der Waals surface area (Å²) in [6.07, 6.45) is 3.49. The summed E-state index contributed by atoms with van der Waals surface area (Å²) < 4.78 is 11.1. The Morgan fingerprint density at radius 1 is 1.42 bits per heavy atom. The predicted molar refractivity (Wildman–Crippen MR) is 65.9 cm³/mol. The van der Waals surface area contributed by atoms with E-state index in [1.165, 1.54) is 0 Å². The van der Waals surface area contributed by atoms with Crippen molar-refractivity contribution in [1.82, 2.24) is 0 Å². The third kappa shape index (κ3) is 1.30. The van der Waals surface area contributed by atoms with Crippen molar-refractivity contribution in [3.05, 3.63) is 12.2 Å². The third-order valence-corrected chi connectivity index (χ3v) is 5.81. The van der Waals surface area contributed by atoms with Crippen LogP contribution in [0.1, 0.15) is 32.6 Å². The van der Waals surface area contributed by atoms with Gasteiger partial charge in [0.25, 0.3) is 0 Å². The molecule has 1 spiro atoms. The quantitative estimate of drug-likeness (QED) is 0.563. The summed E-state index contributed by atoms with van der Waals surface area (Å²) in [6.45, 7) is 5.26. The molecular formula is C15H18O4. The molecule has 0 radical (unpaired) electrons. The average molecular weight is 262 g/mol. The van der Waals surface area contributed by atoms with E-state index < -0.39 is 0 Å². The number of rotatable bonds is 2. The Labute approximate surface area is 112 Å². The predicted octanol–water partition coefficient (Wildman–Crippen LogP) is 1.84. The maximum atomic E-state index is 12.0. The van der Waals surface area contributed by atoms with E-state index in [4.69, 9.17) is 9.47 Å². The van der Waals surface area contributed by atoms with Crippen LogP contribution in [-0.4, -0.2) is 24.1 Å². The smallest absolute Gasteiger partial charge is 0.333 e. The number of carbonyl (C=O) groups is 2. The minimum atomic E-state index is -0.363. The lowest BCUT2D eigenvalue weighted by Crippen LogP contribution is -2.60. The SMILES string of the molecule is C=C(C)C(=O)OC1C2CC3CC4C(=O)OC1CC34C2. The van der Waals surface area contributed by atoms with Gasteiger partial charge in [-0.15, -0.1) is 0 Å². The fourth-order valence-electron chi connectivity index (χ4n) is 4.96. The van der Waals surface area contributed by atoms with E-state index in [1.54, 1.807) is 6.92 Å². The van der Waals surface area contributed by atoms with Crippen molar-refractivity contribution in [2.24, 2.45) is 23.2 Å². The first-order valence-electron chi connectivity index (χ1n) is 7.08. The van der Waals surface area contributed by atoms with Gasteiger partial charge < -0.3 is 9.47 Å². The Kier molecular flexibility index (Phi) is 2.06. The molecule has 4 fully saturated rings. The zero-order valence-electron chi connectivity index (χ0n) is 11.1. The fourth-order valence-corrected chi connectivity index (χ4v) is 4.96. The van der Waals surface area contributed by atoms with Crippen LogP contribution < -0.4 is 0 Å². The number of hydrogen-bond donors (Lipinski definition) is 0. The summed E-state index contributed by atoms with van der Waals surface area (Å²) >= 11 is 0. The number of carbonyl (C=O) groups excluding carboxylic acids is 2. The maximum absolute atomic E-state index is 12.0. The summed E-state index contributed by atoms with van der Waals surface area (Å²) in [7, 11) is 0. The highest BCUT2D eigenvalue weighted by Crippen LogP contribution is 2.71. The Morgan fingerprint density at radius 3 is 2.95 bits per heavy atom. The molecule has 19 heavy (non-hydrogen) atoms. The van der Waals surface area contributed by atoms with Gasteiger partial charge in [0.2, 0.25) is 0 Å². The molecule has 0 N–H and O–H groups in total. The highest BCUT2D eigenvalue weighted by atomic mass is 16.6. The standard InChI is InChI=1S/C15H18O4/c1-7(2)13(16)19-12-8-3-9-4-10-14(17)18-11(12)6-15(9,10)5-8/h8-12H,1,3-6H2,2H3. The molecule has 4 rings (SSSR count). The zero-order chi connectivity index (χ0) is 13.4. The van der Waals surface area contributed by atoms with Crippen molar-refractivity contribution in [2.75, 3.05) is 0 Å². The van der Waals surface area contributed by atoms with Crippen molar-refractivity contribution in [1.29, 1.82) is 0 Å². The van der Waals surface area contributed by atoms with Crippen LogP contribution in [0.5, 0.6) is 0 Å². The van der Waals surface area contributed by atoms with Crippen LogP contribution in [-0.2, 0) is 19.1 Å². The highest BCUT2D eigenvalue weighted by Gasteiger charge is 2.71. The van der Waals surface area contributed by atoms with Crippen LogP contribution in [0.15, 0.2) is 12.2 Å². The van der Waals surface area contributed by atoms with Gasteiger partial charge in [0.05, 0.1) is 5.92 Å². The van der Waals surface area contributed by atoms with E-state index in [-0.39, 0.29) is 35.5 Å². The second kappa shape index (κ2) is 3.41. The molecule has 0 aromatic heterocycles. The van der Waals surface area contributed by atoms with Crippen LogP contribution in [0.3, 0.4) is 0 Å². The summed E-state index contributed by atoms with van der Waals surface area (Å²) in [5.41, 5.74) is 0.595. The van der Waals surface area contributed by atoms with Crippen LogP contribution >= 0.6 is 0 Å². The van der Waals surface area contributed by atoms with Crippen molar-refractivity contribution in [3.63, 3.8) is 0 Å². The molecule has 3 bridgehead atoms. The molecule has 3 saturated carbocycles. The third-order valence-electron chi connectivity index (χ3n) is 5.81. The number of ether oxygens (including phenoxy) is 2. The summed E-state index contributed by atoms with van der Waals surface area (Å²) in [6, 6.07) is 0. The first kappa shape index (κ1) is 11.5. The molecule has 0 aromatic rings. The van der Waals surface area contributed by atoms with Crippen molar-refractivity contribution >= 4 is 11.9 Å². The van der Waals surface area contributed by atoms with Gasteiger partial charge in [-0.3, -0.25) is 4.79 Å². The van der Waals surface area contributed by atoms with Crippen molar-refractivity contribution in [2.45, 2.75) is 44.8 Å². The minimum Gasteiger partial charge on any atom is -0.458 e. The van der Waals surface area contributed by atoms with Crippen molar-refractivity contribution < 1.29 is 19.1 Å². The molecule has 4 aliphatic rings. The van der Waals surface area contributed by atoms with E-state index in [0.29, 0.717) is 17.4 Å². The molecule has 0 aromatic carbocycles. The van der Waals surface area contributed by atoms with E-state index in [2.05, 4.69) is 6.58 Å². The van der Waals surface area contributed by atoms with Gasteiger partial charge >= 0.3 is 11.9 Å². The molecule has 6 unspecified atom stereocenters. The van der Waals surface area contributed by atoms with Gasteiger partial charge in [-0.2, -0.15) is 0 Å². The molecule has 0 amide bonds. The van der Waals surface area contributed by atoms with Gasteiger partial charge in [0.15, 0.2) is 0 Å². The molecule has 4 nitrogen and oxygen atoms in total. The number of hydrogen-bond acceptors (Lipinski definition) is 4. The highest BCUT2D eigenvalue weighted by molar-refractivity contribution is 5.87. The van der Waals surface area contributed by atoms with Gasteiger partial charge in [-0.25, -0.2) is 4.79 Å². The van der Waals surface area contributed by atoms with Gasteiger partial charge in [-0.1, -0.05) is 6.58 Å². The number of fused-ring (bicyclic) bond motifs is 2. The molecule has 1 heterocycles. The lowest BCUT2D eigenvalue weighted by molar-refractivity contribution is -0.219. The second-order valence-electron chi connectivity index (χ2n) is 6.75. The lowest BCUT2D eigenvalue weighted by atomic mass is 9.50. The van der Waals surface area contributed by atoms with Crippen LogP contribution in [0, 0.1) is 23.2 Å². The molecule has 102 valence electrons. The second-order valence-corrected chi connectivity index (χ2v) is 6.75. The van der Waals surface area contributed by atoms with Crippen molar-refractivity contribution in [3.8, 4) is 0 Å². The van der Waals surface area contributed by atoms with E-state index in [9.17, 15) is 9.59 Å². The minimum absolute atomic E-state index is 0.0655. The van der Waals surface area contributed by atoms with E-state index in [0.717, 1.165) is 25.7 Å². The summed E-state index contributed by atoms with van der Waals surface area (Å²) in [5.74, 6) is 0.704. The Hall–Kier alpha value is -1.32. The summed E-state index contributed by atoms with van der Waals surface area (Å²) in [5, 5.41) is 0. The lowest BCUT2D eigenvalue weighted by Gasteiger charge is -2.57. The largest absolute Gasteiger partial charge is 0.458 e. The monoisotopic (exact) mass is 262 g/mol. The molecule has 4 heteroatoms. The van der Waals surface area contributed by atoms with Crippen LogP contribution in [0.25, 0.3) is 0 Å². The first-order chi connectivity index (χ1) is 9.01. The van der Waals surface area contributed by atoms with Gasteiger partial charge in [-0.05, 0) is 43.9 Å². The molecule has 3 aliphatic carbocycles. The molecule has 1 saturated heterocycles. The molecule has 1 aliphatic heterocycles. The van der Waals surface area contributed by atoms with Crippen LogP contribution in [0.4, 0.5) is 0 Å². The van der Waals surface area contributed by atoms with Gasteiger partial charge in [0, 0.05) is 11.5 Å².